The maximum Gasteiger partial charge on any atom is 0.144 e. The quantitative estimate of drug-likeness (QED) is 0.872. The zero-order valence-electron chi connectivity index (χ0n) is 12.4. The topological polar surface area (TPSA) is 48.7 Å². The molecule has 3 heteroatoms. The molecule has 3 nitrogen and oxygen atoms in total. The van der Waals surface area contributed by atoms with Gasteiger partial charge in [-0.3, -0.25) is 0 Å². The monoisotopic (exact) mass is 257 g/mol. The number of rotatable bonds is 2. The molecule has 0 aliphatic heterocycles. The van der Waals surface area contributed by atoms with Gasteiger partial charge in [-0.1, -0.05) is 20.3 Å². The normalized spacial score (nSPS) is 21.7. The van der Waals surface area contributed by atoms with Crippen LogP contribution in [0.25, 0.3) is 0 Å². The Kier molecular flexibility index (Phi) is 3.80. The van der Waals surface area contributed by atoms with E-state index in [1.165, 1.54) is 19.3 Å². The van der Waals surface area contributed by atoms with Crippen molar-refractivity contribution in [2.45, 2.75) is 59.4 Å². The first kappa shape index (κ1) is 13.9. The Hall–Kier alpha value is -1.56. The summed E-state index contributed by atoms with van der Waals surface area (Å²) in [5.41, 5.74) is 3.05. The van der Waals surface area contributed by atoms with Gasteiger partial charge in [-0.2, -0.15) is 5.26 Å². The maximum atomic E-state index is 9.29. The minimum Gasteiger partial charge on any atom is -0.366 e. The summed E-state index contributed by atoms with van der Waals surface area (Å²) in [6.45, 7) is 8.59. The lowest BCUT2D eigenvalue weighted by Crippen LogP contribution is -2.32. The number of nitriles is 1. The van der Waals surface area contributed by atoms with Crippen LogP contribution in [0.2, 0.25) is 0 Å². The van der Waals surface area contributed by atoms with Crippen molar-refractivity contribution in [2.75, 3.05) is 5.32 Å². The van der Waals surface area contributed by atoms with Crippen LogP contribution in [0.1, 0.15) is 56.4 Å². The molecule has 102 valence electrons. The lowest BCUT2D eigenvalue weighted by atomic mass is 9.75. The molecule has 1 saturated carbocycles. The Balaban J connectivity index is 2.22. The van der Waals surface area contributed by atoms with Gasteiger partial charge < -0.3 is 5.32 Å². The zero-order chi connectivity index (χ0) is 14.0. The lowest BCUT2D eigenvalue weighted by molar-refractivity contribution is 0.229. The van der Waals surface area contributed by atoms with E-state index in [4.69, 9.17) is 0 Å². The van der Waals surface area contributed by atoms with Crippen molar-refractivity contribution in [3.63, 3.8) is 0 Å². The Morgan fingerprint density at radius 3 is 2.79 bits per heavy atom. The van der Waals surface area contributed by atoms with Gasteiger partial charge in [0.25, 0.3) is 0 Å². The van der Waals surface area contributed by atoms with Gasteiger partial charge in [0.1, 0.15) is 11.9 Å². The van der Waals surface area contributed by atoms with Gasteiger partial charge in [0.15, 0.2) is 0 Å². The van der Waals surface area contributed by atoms with Crippen molar-refractivity contribution < 1.29 is 0 Å². The number of pyridine rings is 1. The van der Waals surface area contributed by atoms with Crippen LogP contribution in [-0.4, -0.2) is 11.0 Å². The van der Waals surface area contributed by atoms with Crippen LogP contribution in [0.15, 0.2) is 6.07 Å². The first-order valence-electron chi connectivity index (χ1n) is 7.06. The molecule has 1 fully saturated rings. The zero-order valence-corrected chi connectivity index (χ0v) is 12.4. The van der Waals surface area contributed by atoms with Gasteiger partial charge in [0.05, 0.1) is 5.56 Å². The van der Waals surface area contributed by atoms with E-state index in [1.807, 2.05) is 19.9 Å². The minimum absolute atomic E-state index is 0.390. The fraction of sp³-hybridized carbons (Fsp3) is 0.625. The largest absolute Gasteiger partial charge is 0.366 e. The first-order chi connectivity index (χ1) is 8.91. The van der Waals surface area contributed by atoms with Crippen LogP contribution in [0.4, 0.5) is 5.82 Å². The molecule has 0 amide bonds. The van der Waals surface area contributed by atoms with E-state index in [1.54, 1.807) is 0 Å². The second kappa shape index (κ2) is 5.21. The molecule has 19 heavy (non-hydrogen) atoms. The number of nitrogens with zero attached hydrogens (tertiary/aromatic N) is 2. The average molecular weight is 257 g/mol. The summed E-state index contributed by atoms with van der Waals surface area (Å²) in [7, 11) is 0. The van der Waals surface area contributed by atoms with Gasteiger partial charge in [-0.15, -0.1) is 0 Å². The van der Waals surface area contributed by atoms with E-state index in [9.17, 15) is 5.26 Å². The summed E-state index contributed by atoms with van der Waals surface area (Å²) >= 11 is 0. The summed E-state index contributed by atoms with van der Waals surface area (Å²) in [6, 6.07) is 4.68. The fourth-order valence-corrected chi connectivity index (χ4v) is 3.10. The lowest BCUT2D eigenvalue weighted by Gasteiger charge is -2.36. The van der Waals surface area contributed by atoms with E-state index in [2.05, 4.69) is 30.2 Å². The first-order valence-corrected chi connectivity index (χ1v) is 7.06. The summed E-state index contributed by atoms with van der Waals surface area (Å²) in [5, 5.41) is 12.8. The molecule has 1 atom stereocenters. The molecule has 0 saturated heterocycles. The van der Waals surface area contributed by atoms with Crippen molar-refractivity contribution in [1.82, 2.24) is 4.98 Å². The molecule has 0 radical (unpaired) electrons. The third kappa shape index (κ3) is 3.26. The number of hydrogen-bond acceptors (Lipinski definition) is 3. The van der Waals surface area contributed by atoms with E-state index in [-0.39, 0.29) is 0 Å². The standard InChI is InChI=1S/C16H23N3/c1-11-8-12(2)18-15(14(11)10-17)19-13-6-5-7-16(3,4)9-13/h8,13H,5-7,9H2,1-4H3,(H,18,19). The van der Waals surface area contributed by atoms with Crippen LogP contribution in [0.5, 0.6) is 0 Å². The molecule has 1 heterocycles. The Morgan fingerprint density at radius 1 is 1.42 bits per heavy atom. The molecule has 2 rings (SSSR count). The van der Waals surface area contributed by atoms with Crippen LogP contribution >= 0.6 is 0 Å². The average Bonchev–Trinajstić information content (AvgIpc) is 2.26. The van der Waals surface area contributed by atoms with Crippen molar-refractivity contribution in [1.29, 1.82) is 5.26 Å². The van der Waals surface area contributed by atoms with Gasteiger partial charge in [-0.05, 0) is 50.2 Å². The second-order valence-corrected chi connectivity index (χ2v) is 6.52. The molecule has 1 aromatic heterocycles. The van der Waals surface area contributed by atoms with E-state index in [0.29, 0.717) is 17.0 Å². The molecule has 1 aliphatic carbocycles. The Bertz CT molecular complexity index is 511. The summed E-state index contributed by atoms with van der Waals surface area (Å²) in [4.78, 5) is 4.51. The molecule has 0 aromatic carbocycles. The summed E-state index contributed by atoms with van der Waals surface area (Å²) in [6.07, 6.45) is 4.85. The molecular formula is C16H23N3. The van der Waals surface area contributed by atoms with Gasteiger partial charge in [0.2, 0.25) is 0 Å². The van der Waals surface area contributed by atoms with Crippen LogP contribution in [0, 0.1) is 30.6 Å². The Labute approximate surface area is 116 Å². The van der Waals surface area contributed by atoms with E-state index < -0.39 is 0 Å². The molecule has 1 unspecified atom stereocenters. The third-order valence-corrected chi connectivity index (χ3v) is 4.00. The van der Waals surface area contributed by atoms with Crippen LogP contribution in [0.3, 0.4) is 0 Å². The number of nitrogens with one attached hydrogen (secondary N) is 1. The predicted molar refractivity (Wildman–Crippen MR) is 78.1 cm³/mol. The Morgan fingerprint density at radius 2 is 2.16 bits per heavy atom. The summed E-state index contributed by atoms with van der Waals surface area (Å²) in [5.74, 6) is 0.766. The maximum absolute atomic E-state index is 9.29. The van der Waals surface area contributed by atoms with Gasteiger partial charge in [0, 0.05) is 11.7 Å². The van der Waals surface area contributed by atoms with Gasteiger partial charge >= 0.3 is 0 Å². The van der Waals surface area contributed by atoms with E-state index in [0.717, 1.165) is 23.5 Å². The van der Waals surface area contributed by atoms with Crippen LogP contribution in [-0.2, 0) is 0 Å². The molecular weight excluding hydrogens is 234 g/mol. The number of anilines is 1. The highest BCUT2D eigenvalue weighted by Gasteiger charge is 2.28. The molecule has 0 spiro atoms. The van der Waals surface area contributed by atoms with Crippen molar-refractivity contribution in [3.05, 3.63) is 22.9 Å². The third-order valence-electron chi connectivity index (χ3n) is 4.00. The van der Waals surface area contributed by atoms with Crippen molar-refractivity contribution in [2.24, 2.45) is 5.41 Å². The molecule has 1 aliphatic rings. The van der Waals surface area contributed by atoms with Crippen molar-refractivity contribution in [3.8, 4) is 6.07 Å². The molecule has 0 bridgehead atoms. The van der Waals surface area contributed by atoms with Crippen molar-refractivity contribution >= 4 is 5.82 Å². The minimum atomic E-state index is 0.390. The SMILES string of the molecule is Cc1cc(C)c(C#N)c(NC2CCCC(C)(C)C2)n1. The number of aromatic nitrogens is 1. The highest BCUT2D eigenvalue weighted by Crippen LogP contribution is 2.36. The fourth-order valence-electron chi connectivity index (χ4n) is 3.10. The number of aryl methyl sites for hydroxylation is 2. The molecule has 1 N–H and O–H groups in total. The highest BCUT2D eigenvalue weighted by molar-refractivity contribution is 5.56. The predicted octanol–water partition coefficient (Wildman–Crippen LogP) is 3.95. The smallest absolute Gasteiger partial charge is 0.144 e. The molecule has 1 aromatic rings. The summed E-state index contributed by atoms with van der Waals surface area (Å²) < 4.78 is 0. The highest BCUT2D eigenvalue weighted by atomic mass is 15.0. The number of hydrogen-bond donors (Lipinski definition) is 1. The van der Waals surface area contributed by atoms with Gasteiger partial charge in [-0.25, -0.2) is 4.98 Å². The van der Waals surface area contributed by atoms with E-state index >= 15 is 0 Å². The second-order valence-electron chi connectivity index (χ2n) is 6.52. The van der Waals surface area contributed by atoms with Crippen LogP contribution < -0.4 is 5.32 Å².